The fraction of sp³-hybridized carbons (Fsp3) is 0.625. The van der Waals surface area contributed by atoms with E-state index in [0.29, 0.717) is 6.54 Å². The van der Waals surface area contributed by atoms with Gasteiger partial charge in [0.05, 0.1) is 7.11 Å². The van der Waals surface area contributed by atoms with Crippen LogP contribution in [0.3, 0.4) is 0 Å². The molecule has 0 radical (unpaired) electrons. The van der Waals surface area contributed by atoms with Crippen molar-refractivity contribution in [3.05, 3.63) is 28.8 Å². The minimum atomic E-state index is 0.171. The molecule has 108 valence electrons. The number of aryl methyl sites for hydroxylation is 2. The van der Waals surface area contributed by atoms with Gasteiger partial charge in [0, 0.05) is 6.54 Å². The third kappa shape index (κ3) is 4.84. The summed E-state index contributed by atoms with van der Waals surface area (Å²) in [4.78, 5) is 0. The zero-order valence-electron chi connectivity index (χ0n) is 13.0. The molecule has 0 aliphatic rings. The van der Waals surface area contributed by atoms with Crippen molar-refractivity contribution >= 4 is 0 Å². The SMILES string of the molecule is COc1cc(C)c(CCNCC(C)(C)CN)cc1C. The van der Waals surface area contributed by atoms with E-state index in [1.165, 1.54) is 16.7 Å². The molecule has 1 aromatic rings. The first-order valence-corrected chi connectivity index (χ1v) is 6.94. The van der Waals surface area contributed by atoms with Crippen LogP contribution in [0.4, 0.5) is 0 Å². The summed E-state index contributed by atoms with van der Waals surface area (Å²) in [6, 6.07) is 4.35. The number of nitrogens with one attached hydrogen (secondary N) is 1. The van der Waals surface area contributed by atoms with Crippen molar-refractivity contribution in [2.45, 2.75) is 34.1 Å². The van der Waals surface area contributed by atoms with Gasteiger partial charge in [0.25, 0.3) is 0 Å². The van der Waals surface area contributed by atoms with Crippen molar-refractivity contribution in [3.8, 4) is 5.75 Å². The summed E-state index contributed by atoms with van der Waals surface area (Å²) in [7, 11) is 1.72. The zero-order chi connectivity index (χ0) is 14.5. The molecule has 1 rings (SSSR count). The summed E-state index contributed by atoms with van der Waals surface area (Å²) in [6.45, 7) is 11.2. The highest BCUT2D eigenvalue weighted by atomic mass is 16.5. The maximum atomic E-state index is 5.72. The normalized spacial score (nSPS) is 11.7. The molecule has 0 fully saturated rings. The van der Waals surface area contributed by atoms with Gasteiger partial charge in [-0.15, -0.1) is 0 Å². The van der Waals surface area contributed by atoms with E-state index < -0.39 is 0 Å². The predicted molar refractivity (Wildman–Crippen MR) is 81.9 cm³/mol. The molecule has 0 saturated carbocycles. The van der Waals surface area contributed by atoms with Gasteiger partial charge < -0.3 is 15.8 Å². The van der Waals surface area contributed by atoms with Gasteiger partial charge in [-0.25, -0.2) is 0 Å². The van der Waals surface area contributed by atoms with Gasteiger partial charge in [0.1, 0.15) is 5.75 Å². The van der Waals surface area contributed by atoms with Crippen LogP contribution in [0.2, 0.25) is 0 Å². The van der Waals surface area contributed by atoms with Crippen molar-refractivity contribution in [2.75, 3.05) is 26.7 Å². The first-order chi connectivity index (χ1) is 8.89. The molecule has 0 saturated heterocycles. The summed E-state index contributed by atoms with van der Waals surface area (Å²) in [6.07, 6.45) is 1.04. The number of methoxy groups -OCH3 is 1. The van der Waals surface area contributed by atoms with Gasteiger partial charge in [-0.05, 0) is 61.5 Å². The van der Waals surface area contributed by atoms with Gasteiger partial charge in [-0.1, -0.05) is 19.9 Å². The molecule has 19 heavy (non-hydrogen) atoms. The molecule has 0 amide bonds. The Morgan fingerprint density at radius 3 is 2.47 bits per heavy atom. The van der Waals surface area contributed by atoms with Crippen LogP contribution < -0.4 is 15.8 Å². The zero-order valence-corrected chi connectivity index (χ0v) is 13.0. The number of benzene rings is 1. The van der Waals surface area contributed by atoms with E-state index >= 15 is 0 Å². The molecule has 0 spiro atoms. The Balaban J connectivity index is 2.52. The first-order valence-electron chi connectivity index (χ1n) is 6.94. The van der Waals surface area contributed by atoms with E-state index in [9.17, 15) is 0 Å². The molecule has 0 heterocycles. The summed E-state index contributed by atoms with van der Waals surface area (Å²) >= 11 is 0. The number of hydrogen-bond acceptors (Lipinski definition) is 3. The number of hydrogen-bond donors (Lipinski definition) is 2. The number of rotatable bonds is 7. The average Bonchev–Trinajstić information content (AvgIpc) is 2.38. The van der Waals surface area contributed by atoms with Crippen LogP contribution in [-0.2, 0) is 6.42 Å². The molecule has 0 atom stereocenters. The molecule has 3 N–H and O–H groups in total. The quantitative estimate of drug-likeness (QED) is 0.744. The first kappa shape index (κ1) is 16.0. The molecule has 3 heteroatoms. The van der Waals surface area contributed by atoms with Crippen molar-refractivity contribution in [3.63, 3.8) is 0 Å². The highest BCUT2D eigenvalue weighted by Gasteiger charge is 2.14. The van der Waals surface area contributed by atoms with Crippen LogP contribution in [-0.4, -0.2) is 26.7 Å². The lowest BCUT2D eigenvalue weighted by molar-refractivity contribution is 0.353. The largest absolute Gasteiger partial charge is 0.496 e. The van der Waals surface area contributed by atoms with Crippen molar-refractivity contribution < 1.29 is 4.74 Å². The third-order valence-electron chi connectivity index (χ3n) is 3.58. The Labute approximate surface area is 117 Å². The molecule has 1 aromatic carbocycles. The van der Waals surface area contributed by atoms with Crippen LogP contribution in [0.5, 0.6) is 5.75 Å². The number of nitrogens with two attached hydrogens (primary N) is 1. The Morgan fingerprint density at radius 2 is 1.89 bits per heavy atom. The lowest BCUT2D eigenvalue weighted by Crippen LogP contribution is -2.36. The minimum Gasteiger partial charge on any atom is -0.496 e. The highest BCUT2D eigenvalue weighted by molar-refractivity contribution is 5.41. The second-order valence-electron chi connectivity index (χ2n) is 6.04. The smallest absolute Gasteiger partial charge is 0.122 e. The average molecular weight is 264 g/mol. The second kappa shape index (κ2) is 6.92. The molecule has 0 aromatic heterocycles. The maximum Gasteiger partial charge on any atom is 0.122 e. The van der Waals surface area contributed by atoms with Gasteiger partial charge in [-0.2, -0.15) is 0 Å². The molecular weight excluding hydrogens is 236 g/mol. The summed E-state index contributed by atoms with van der Waals surface area (Å²) in [5.41, 5.74) is 9.77. The fourth-order valence-corrected chi connectivity index (χ4v) is 2.06. The van der Waals surface area contributed by atoms with Crippen molar-refractivity contribution in [1.29, 1.82) is 0 Å². The minimum absolute atomic E-state index is 0.171. The van der Waals surface area contributed by atoms with Crippen LogP contribution in [0.1, 0.15) is 30.5 Å². The van der Waals surface area contributed by atoms with Crippen molar-refractivity contribution in [1.82, 2.24) is 5.32 Å². The molecule has 0 aliphatic heterocycles. The van der Waals surface area contributed by atoms with Crippen LogP contribution in [0.25, 0.3) is 0 Å². The topological polar surface area (TPSA) is 47.3 Å². The summed E-state index contributed by atoms with van der Waals surface area (Å²) in [5, 5.41) is 3.49. The van der Waals surface area contributed by atoms with E-state index in [2.05, 4.69) is 45.1 Å². The Morgan fingerprint density at radius 1 is 1.21 bits per heavy atom. The predicted octanol–water partition coefficient (Wildman–Crippen LogP) is 2.43. The Hall–Kier alpha value is -1.06. The number of ether oxygens (including phenoxy) is 1. The van der Waals surface area contributed by atoms with Gasteiger partial charge >= 0.3 is 0 Å². The van der Waals surface area contributed by atoms with Crippen LogP contribution in [0, 0.1) is 19.3 Å². The second-order valence-corrected chi connectivity index (χ2v) is 6.04. The van der Waals surface area contributed by atoms with Crippen LogP contribution in [0.15, 0.2) is 12.1 Å². The van der Waals surface area contributed by atoms with Gasteiger partial charge in [-0.3, -0.25) is 0 Å². The molecular formula is C16H28N2O. The molecule has 0 aliphatic carbocycles. The lowest BCUT2D eigenvalue weighted by Gasteiger charge is -2.22. The Kier molecular flexibility index (Phi) is 5.83. The fourth-order valence-electron chi connectivity index (χ4n) is 2.06. The lowest BCUT2D eigenvalue weighted by atomic mass is 9.94. The molecule has 0 unspecified atom stereocenters. The van der Waals surface area contributed by atoms with E-state index in [4.69, 9.17) is 10.5 Å². The molecule has 3 nitrogen and oxygen atoms in total. The highest BCUT2D eigenvalue weighted by Crippen LogP contribution is 2.22. The van der Waals surface area contributed by atoms with Crippen molar-refractivity contribution in [2.24, 2.45) is 11.1 Å². The van der Waals surface area contributed by atoms with E-state index in [1.807, 2.05) is 0 Å². The summed E-state index contributed by atoms with van der Waals surface area (Å²) in [5.74, 6) is 0.971. The third-order valence-corrected chi connectivity index (χ3v) is 3.58. The van der Waals surface area contributed by atoms with Gasteiger partial charge in [0.15, 0.2) is 0 Å². The van der Waals surface area contributed by atoms with E-state index in [1.54, 1.807) is 7.11 Å². The van der Waals surface area contributed by atoms with E-state index in [-0.39, 0.29) is 5.41 Å². The summed E-state index contributed by atoms with van der Waals surface area (Å²) < 4.78 is 5.34. The molecule has 0 bridgehead atoms. The Bertz CT molecular complexity index is 413. The maximum absolute atomic E-state index is 5.72. The van der Waals surface area contributed by atoms with Gasteiger partial charge in [0.2, 0.25) is 0 Å². The standard InChI is InChI=1S/C16H28N2O/c1-12-9-15(19-5)13(2)8-14(12)6-7-18-11-16(3,4)10-17/h8-9,18H,6-7,10-11,17H2,1-5H3. The van der Waals surface area contributed by atoms with E-state index in [0.717, 1.165) is 25.3 Å². The monoisotopic (exact) mass is 264 g/mol. The van der Waals surface area contributed by atoms with Crippen LogP contribution >= 0.6 is 0 Å².